The molecular weight excluding hydrogens is 458 g/mol. The molecule has 1 saturated heterocycles. The zero-order chi connectivity index (χ0) is 25.8. The van der Waals surface area contributed by atoms with E-state index < -0.39 is 0 Å². The van der Waals surface area contributed by atoms with Crippen molar-refractivity contribution in [3.8, 4) is 6.07 Å². The highest BCUT2D eigenvalue weighted by molar-refractivity contribution is 8.03. The molecule has 1 aromatic rings. The molecule has 0 radical (unpaired) electrons. The first-order chi connectivity index (χ1) is 16.8. The van der Waals surface area contributed by atoms with Gasteiger partial charge >= 0.3 is 0 Å². The first-order valence-electron chi connectivity index (χ1n) is 12.7. The second kappa shape index (κ2) is 14.8. The van der Waals surface area contributed by atoms with E-state index in [0.717, 1.165) is 55.6 Å². The number of aryl methyl sites for hydroxylation is 1. The number of piperazine rings is 1. The van der Waals surface area contributed by atoms with Gasteiger partial charge in [-0.15, -0.1) is 0 Å². The van der Waals surface area contributed by atoms with Crippen LogP contribution in [0.15, 0.2) is 28.8 Å². The maximum Gasteiger partial charge on any atom is 0.267 e. The monoisotopic (exact) mass is 499 g/mol. The number of nitrogens with one attached hydrogen (secondary N) is 2. The van der Waals surface area contributed by atoms with Gasteiger partial charge in [0, 0.05) is 38.4 Å². The van der Waals surface area contributed by atoms with Crippen molar-refractivity contribution in [2.75, 3.05) is 50.8 Å². The molecule has 7 nitrogen and oxygen atoms in total. The Morgan fingerprint density at radius 3 is 2.49 bits per heavy atom. The van der Waals surface area contributed by atoms with E-state index in [9.17, 15) is 14.9 Å². The van der Waals surface area contributed by atoms with E-state index in [1.54, 1.807) is 4.90 Å². The van der Waals surface area contributed by atoms with Crippen LogP contribution in [0.5, 0.6) is 0 Å². The molecule has 1 aliphatic heterocycles. The van der Waals surface area contributed by atoms with E-state index in [-0.39, 0.29) is 29.1 Å². The molecule has 0 spiro atoms. The Kier molecular flexibility index (Phi) is 12.1. The number of nitriles is 1. The molecule has 0 bridgehead atoms. The maximum absolute atomic E-state index is 13.2. The second-order valence-corrected chi connectivity index (χ2v) is 10.4. The van der Waals surface area contributed by atoms with Crippen LogP contribution < -0.4 is 10.6 Å². The minimum absolute atomic E-state index is 0.0987. The summed E-state index contributed by atoms with van der Waals surface area (Å²) >= 11 is 1.23. The Bertz CT molecular complexity index is 930. The van der Waals surface area contributed by atoms with Crippen molar-refractivity contribution < 1.29 is 9.59 Å². The van der Waals surface area contributed by atoms with Crippen LogP contribution in [0.1, 0.15) is 63.5 Å². The third-order valence-electron chi connectivity index (χ3n) is 6.20. The lowest BCUT2D eigenvalue weighted by Crippen LogP contribution is -2.47. The molecule has 2 N–H and O–H groups in total. The Balaban J connectivity index is 2.15. The molecule has 2 amide bonds. The van der Waals surface area contributed by atoms with Gasteiger partial charge in [0.2, 0.25) is 5.91 Å². The minimum atomic E-state index is -0.259. The molecule has 2 rings (SSSR count). The van der Waals surface area contributed by atoms with E-state index in [2.05, 4.69) is 42.4 Å². The van der Waals surface area contributed by atoms with Gasteiger partial charge in [0.05, 0.1) is 10.8 Å². The summed E-state index contributed by atoms with van der Waals surface area (Å²) in [6, 6.07) is 8.15. The van der Waals surface area contributed by atoms with E-state index in [0.29, 0.717) is 24.7 Å². The highest BCUT2D eigenvalue weighted by Crippen LogP contribution is 2.28. The Morgan fingerprint density at radius 1 is 1.14 bits per heavy atom. The third kappa shape index (κ3) is 8.90. The number of hydrogen-bond acceptors (Lipinski definition) is 6. The second-order valence-electron chi connectivity index (χ2n) is 9.43. The molecule has 1 aromatic carbocycles. The summed E-state index contributed by atoms with van der Waals surface area (Å²) in [4.78, 5) is 30.0. The van der Waals surface area contributed by atoms with Crippen LogP contribution in [0.2, 0.25) is 0 Å². The standard InChI is InChI=1S/C27H41N5O2S/c1-6-7-8-9-13-29-26(23(18-28)27(34)32-16-14-31(5)15-17-32)35-19-24(33)30-25-21(4)11-10-12-22(25)20(2)3/h10-12,20,29H,6-9,13-17,19H2,1-5H3,(H,30,33)/b26-23+. The number of unbranched alkanes of at least 4 members (excludes halogenated alkanes) is 3. The molecule has 0 unspecified atom stereocenters. The van der Waals surface area contributed by atoms with Crippen molar-refractivity contribution in [1.82, 2.24) is 15.1 Å². The van der Waals surface area contributed by atoms with E-state index in [4.69, 9.17) is 0 Å². The molecule has 0 aromatic heterocycles. The summed E-state index contributed by atoms with van der Waals surface area (Å²) in [7, 11) is 2.03. The number of thioether (sulfide) groups is 1. The molecule has 1 fully saturated rings. The Labute approximate surface area is 215 Å². The zero-order valence-electron chi connectivity index (χ0n) is 21.9. The number of benzene rings is 1. The highest BCUT2D eigenvalue weighted by Gasteiger charge is 2.25. The summed E-state index contributed by atoms with van der Waals surface area (Å²) in [5.74, 6) is -0.0134. The molecular formula is C27H41N5O2S. The van der Waals surface area contributed by atoms with Crippen molar-refractivity contribution in [1.29, 1.82) is 5.26 Å². The normalized spacial score (nSPS) is 14.9. The van der Waals surface area contributed by atoms with Crippen molar-refractivity contribution in [2.45, 2.75) is 59.3 Å². The maximum atomic E-state index is 13.2. The Hall–Kier alpha value is -2.50. The quantitative estimate of drug-likeness (QED) is 0.251. The van der Waals surface area contributed by atoms with Gasteiger partial charge in [-0.25, -0.2) is 0 Å². The highest BCUT2D eigenvalue weighted by atomic mass is 32.2. The summed E-state index contributed by atoms with van der Waals surface area (Å²) in [5, 5.41) is 16.8. The zero-order valence-corrected chi connectivity index (χ0v) is 22.8. The Morgan fingerprint density at radius 2 is 1.86 bits per heavy atom. The number of para-hydroxylation sites is 1. The number of hydrogen-bond donors (Lipinski definition) is 2. The van der Waals surface area contributed by atoms with Crippen molar-refractivity contribution >= 4 is 29.3 Å². The van der Waals surface area contributed by atoms with Gasteiger partial charge in [0.15, 0.2) is 0 Å². The van der Waals surface area contributed by atoms with E-state index in [1.807, 2.05) is 32.2 Å². The molecule has 0 atom stereocenters. The van der Waals surface area contributed by atoms with Crippen LogP contribution >= 0.6 is 11.8 Å². The fourth-order valence-corrected chi connectivity index (χ4v) is 4.81. The largest absolute Gasteiger partial charge is 0.379 e. The van der Waals surface area contributed by atoms with Crippen molar-refractivity contribution in [3.05, 3.63) is 39.9 Å². The lowest BCUT2D eigenvalue weighted by molar-refractivity contribution is -0.128. The number of carbonyl (C=O) groups excluding carboxylic acids is 2. The van der Waals surface area contributed by atoms with Crippen molar-refractivity contribution in [3.63, 3.8) is 0 Å². The molecule has 1 aliphatic rings. The van der Waals surface area contributed by atoms with Gasteiger partial charge in [-0.1, -0.05) is 70.0 Å². The SMILES string of the molecule is CCCCCCN/C(SCC(=O)Nc1c(C)cccc1C(C)C)=C(/C#N)C(=O)N1CCN(C)CC1. The van der Waals surface area contributed by atoms with E-state index >= 15 is 0 Å². The molecule has 0 saturated carbocycles. The van der Waals surface area contributed by atoms with Crippen LogP contribution in [-0.2, 0) is 9.59 Å². The van der Waals surface area contributed by atoms with Gasteiger partial charge in [-0.05, 0) is 37.4 Å². The number of nitrogens with zero attached hydrogens (tertiary/aromatic N) is 3. The molecule has 8 heteroatoms. The number of carbonyl (C=O) groups is 2. The third-order valence-corrected chi connectivity index (χ3v) is 7.24. The summed E-state index contributed by atoms with van der Waals surface area (Å²) in [6.45, 7) is 11.8. The number of likely N-dealkylation sites (N-methyl/N-ethyl adjacent to an activating group) is 1. The van der Waals surface area contributed by atoms with Gasteiger partial charge < -0.3 is 20.4 Å². The van der Waals surface area contributed by atoms with Crippen LogP contribution in [0.25, 0.3) is 0 Å². The van der Waals surface area contributed by atoms with Crippen LogP contribution in [0, 0.1) is 18.3 Å². The fourth-order valence-electron chi connectivity index (χ4n) is 3.98. The average Bonchev–Trinajstić information content (AvgIpc) is 2.83. The number of amides is 2. The van der Waals surface area contributed by atoms with Gasteiger partial charge in [-0.3, -0.25) is 9.59 Å². The minimum Gasteiger partial charge on any atom is -0.379 e. The van der Waals surface area contributed by atoms with Gasteiger partial charge in [-0.2, -0.15) is 5.26 Å². The molecule has 0 aliphatic carbocycles. The summed E-state index contributed by atoms with van der Waals surface area (Å²) < 4.78 is 0. The predicted octanol–water partition coefficient (Wildman–Crippen LogP) is 4.47. The smallest absolute Gasteiger partial charge is 0.267 e. The lowest BCUT2D eigenvalue weighted by atomic mass is 9.98. The molecule has 192 valence electrons. The van der Waals surface area contributed by atoms with Crippen LogP contribution in [-0.4, -0.2) is 67.1 Å². The van der Waals surface area contributed by atoms with Gasteiger partial charge in [0.1, 0.15) is 11.6 Å². The fraction of sp³-hybridized carbons (Fsp3) is 0.593. The lowest BCUT2D eigenvalue weighted by Gasteiger charge is -2.32. The summed E-state index contributed by atoms with van der Waals surface area (Å²) in [6.07, 6.45) is 4.32. The van der Waals surface area contributed by atoms with Crippen molar-refractivity contribution in [2.24, 2.45) is 0 Å². The van der Waals surface area contributed by atoms with Crippen LogP contribution in [0.4, 0.5) is 5.69 Å². The van der Waals surface area contributed by atoms with Crippen LogP contribution in [0.3, 0.4) is 0 Å². The molecule has 35 heavy (non-hydrogen) atoms. The number of anilines is 1. The van der Waals surface area contributed by atoms with Gasteiger partial charge in [0.25, 0.3) is 5.91 Å². The molecule has 1 heterocycles. The average molecular weight is 500 g/mol. The number of rotatable bonds is 12. The summed E-state index contributed by atoms with van der Waals surface area (Å²) in [5.41, 5.74) is 3.06. The first kappa shape index (κ1) is 28.7. The predicted molar refractivity (Wildman–Crippen MR) is 145 cm³/mol. The first-order valence-corrected chi connectivity index (χ1v) is 13.6. The van der Waals surface area contributed by atoms with E-state index in [1.165, 1.54) is 11.8 Å². The topological polar surface area (TPSA) is 88.5 Å².